The normalized spacial score (nSPS) is 28.1. The van der Waals surface area contributed by atoms with Gasteiger partial charge in [-0.15, -0.1) is 0 Å². The van der Waals surface area contributed by atoms with Crippen LogP contribution in [0, 0.1) is 5.41 Å². The quantitative estimate of drug-likeness (QED) is 0.703. The molecule has 0 bridgehead atoms. The van der Waals surface area contributed by atoms with E-state index in [1.165, 1.54) is 6.92 Å². The predicted molar refractivity (Wildman–Crippen MR) is 64.9 cm³/mol. The summed E-state index contributed by atoms with van der Waals surface area (Å²) in [6.07, 6.45) is 2.95. The third-order valence-corrected chi connectivity index (χ3v) is 4.11. The van der Waals surface area contributed by atoms with Gasteiger partial charge >= 0.3 is 5.97 Å². The first-order chi connectivity index (χ1) is 8.47. The fraction of sp³-hybridized carbons (Fsp3) is 0.643. The van der Waals surface area contributed by atoms with E-state index in [-0.39, 0.29) is 24.1 Å². The third-order valence-electron chi connectivity index (χ3n) is 4.11. The molecule has 1 fully saturated rings. The standard InChI is InChI=1S/C14H18O4/c1-9-11-4-3-5-13(17)14(11,7-6-12(9)16)8-18-10(2)15/h3-8H2,1-2H3/t14-/m0/s1. The Bertz CT molecular complexity index is 447. The van der Waals surface area contributed by atoms with Crippen molar-refractivity contribution in [1.82, 2.24) is 0 Å². The molecule has 2 aliphatic carbocycles. The number of ketones is 2. The minimum atomic E-state index is -0.706. The number of carbonyl (C=O) groups excluding carboxylic acids is 3. The highest BCUT2D eigenvalue weighted by Crippen LogP contribution is 2.47. The molecule has 0 radical (unpaired) electrons. The van der Waals surface area contributed by atoms with Gasteiger partial charge in [0.2, 0.25) is 0 Å². The highest BCUT2D eigenvalue weighted by Gasteiger charge is 2.48. The third kappa shape index (κ3) is 2.00. The van der Waals surface area contributed by atoms with E-state index in [9.17, 15) is 14.4 Å². The van der Waals surface area contributed by atoms with Gasteiger partial charge in [0.1, 0.15) is 12.4 Å². The van der Waals surface area contributed by atoms with Crippen molar-refractivity contribution < 1.29 is 19.1 Å². The lowest BCUT2D eigenvalue weighted by Crippen LogP contribution is -2.44. The highest BCUT2D eigenvalue weighted by molar-refractivity contribution is 6.01. The van der Waals surface area contributed by atoms with E-state index in [0.717, 1.165) is 18.4 Å². The number of Topliss-reactive ketones (excluding diaryl/α,β-unsaturated/α-hetero) is 2. The summed E-state index contributed by atoms with van der Waals surface area (Å²) in [6, 6.07) is 0. The summed E-state index contributed by atoms with van der Waals surface area (Å²) in [5.41, 5.74) is 0.916. The van der Waals surface area contributed by atoms with Gasteiger partial charge in [-0.25, -0.2) is 0 Å². The predicted octanol–water partition coefficient (Wildman–Crippen LogP) is 1.97. The van der Waals surface area contributed by atoms with Gasteiger partial charge in [-0.1, -0.05) is 0 Å². The molecule has 0 aromatic rings. The molecule has 2 rings (SSSR count). The zero-order valence-corrected chi connectivity index (χ0v) is 10.9. The van der Waals surface area contributed by atoms with E-state index < -0.39 is 5.41 Å². The Balaban J connectivity index is 2.39. The van der Waals surface area contributed by atoms with Crippen LogP contribution in [-0.4, -0.2) is 24.1 Å². The second-order valence-corrected chi connectivity index (χ2v) is 5.17. The number of allylic oxidation sites excluding steroid dienone is 1. The largest absolute Gasteiger partial charge is 0.464 e. The van der Waals surface area contributed by atoms with Gasteiger partial charge in [-0.3, -0.25) is 14.4 Å². The van der Waals surface area contributed by atoms with E-state index >= 15 is 0 Å². The van der Waals surface area contributed by atoms with Gasteiger partial charge in [-0.2, -0.15) is 0 Å². The van der Waals surface area contributed by atoms with E-state index in [0.29, 0.717) is 24.8 Å². The Labute approximate surface area is 106 Å². The van der Waals surface area contributed by atoms with Crippen LogP contribution >= 0.6 is 0 Å². The molecule has 0 amide bonds. The summed E-state index contributed by atoms with van der Waals surface area (Å²) < 4.78 is 5.09. The van der Waals surface area contributed by atoms with Crippen LogP contribution in [0.2, 0.25) is 0 Å². The van der Waals surface area contributed by atoms with Crippen LogP contribution < -0.4 is 0 Å². The van der Waals surface area contributed by atoms with Gasteiger partial charge in [0.15, 0.2) is 5.78 Å². The van der Waals surface area contributed by atoms with Crippen LogP contribution in [0.3, 0.4) is 0 Å². The average molecular weight is 250 g/mol. The van der Waals surface area contributed by atoms with E-state index in [1.54, 1.807) is 6.92 Å². The van der Waals surface area contributed by atoms with Gasteiger partial charge in [0, 0.05) is 19.8 Å². The molecule has 0 heterocycles. The first-order valence-electron chi connectivity index (χ1n) is 6.37. The second kappa shape index (κ2) is 4.67. The van der Waals surface area contributed by atoms with E-state index in [2.05, 4.69) is 0 Å². The monoisotopic (exact) mass is 250 g/mol. The van der Waals surface area contributed by atoms with Crippen LogP contribution in [0.1, 0.15) is 46.0 Å². The number of rotatable bonds is 2. The summed E-state index contributed by atoms with van der Waals surface area (Å²) in [6.45, 7) is 3.23. The van der Waals surface area contributed by atoms with Crippen molar-refractivity contribution in [2.75, 3.05) is 6.61 Å². The topological polar surface area (TPSA) is 60.4 Å². The Kier molecular flexibility index (Phi) is 3.37. The highest BCUT2D eigenvalue weighted by atomic mass is 16.5. The molecule has 98 valence electrons. The Hall–Kier alpha value is -1.45. The van der Waals surface area contributed by atoms with E-state index in [1.807, 2.05) is 0 Å². The lowest BCUT2D eigenvalue weighted by molar-refractivity contribution is -0.147. The molecule has 0 aromatic carbocycles. The van der Waals surface area contributed by atoms with Crippen molar-refractivity contribution in [3.8, 4) is 0 Å². The van der Waals surface area contributed by atoms with Crippen LogP contribution in [0.15, 0.2) is 11.1 Å². The Morgan fingerprint density at radius 2 is 2.00 bits per heavy atom. The van der Waals surface area contributed by atoms with Crippen LogP contribution in [0.25, 0.3) is 0 Å². The number of fused-ring (bicyclic) bond motifs is 1. The van der Waals surface area contributed by atoms with E-state index in [4.69, 9.17) is 4.74 Å². The zero-order valence-electron chi connectivity index (χ0n) is 10.9. The van der Waals surface area contributed by atoms with Crippen LogP contribution in [0.4, 0.5) is 0 Å². The van der Waals surface area contributed by atoms with Crippen molar-refractivity contribution >= 4 is 17.5 Å². The zero-order chi connectivity index (χ0) is 13.3. The van der Waals surface area contributed by atoms with Gasteiger partial charge in [-0.05, 0) is 37.3 Å². The number of esters is 1. The van der Waals surface area contributed by atoms with Gasteiger partial charge in [0.05, 0.1) is 5.41 Å². The molecular formula is C14H18O4. The summed E-state index contributed by atoms with van der Waals surface area (Å²) >= 11 is 0. The fourth-order valence-electron chi connectivity index (χ4n) is 3.06. The molecule has 4 nitrogen and oxygen atoms in total. The fourth-order valence-corrected chi connectivity index (χ4v) is 3.06. The summed E-state index contributed by atoms with van der Waals surface area (Å²) in [4.78, 5) is 35.0. The Morgan fingerprint density at radius 1 is 1.28 bits per heavy atom. The number of hydrogen-bond donors (Lipinski definition) is 0. The van der Waals surface area contributed by atoms with Crippen molar-refractivity contribution in [3.05, 3.63) is 11.1 Å². The molecule has 0 aromatic heterocycles. The Morgan fingerprint density at radius 3 is 2.67 bits per heavy atom. The molecule has 0 unspecified atom stereocenters. The number of ether oxygens (including phenoxy) is 1. The molecule has 2 aliphatic rings. The summed E-state index contributed by atoms with van der Waals surface area (Å²) in [5, 5.41) is 0. The molecule has 0 spiro atoms. The molecule has 18 heavy (non-hydrogen) atoms. The minimum absolute atomic E-state index is 0.0983. The van der Waals surface area contributed by atoms with Crippen LogP contribution in [-0.2, 0) is 19.1 Å². The SMILES string of the molecule is CC(=O)OC[C@@]12CCC(=O)C(C)=C1CCCC2=O. The van der Waals surface area contributed by atoms with Crippen LogP contribution in [0.5, 0.6) is 0 Å². The molecule has 4 heteroatoms. The molecule has 0 N–H and O–H groups in total. The van der Waals surface area contributed by atoms with Gasteiger partial charge in [0.25, 0.3) is 0 Å². The summed E-state index contributed by atoms with van der Waals surface area (Å²) in [7, 11) is 0. The lowest BCUT2D eigenvalue weighted by Gasteiger charge is -2.41. The molecule has 0 saturated heterocycles. The maximum absolute atomic E-state index is 12.3. The van der Waals surface area contributed by atoms with Gasteiger partial charge < -0.3 is 4.74 Å². The first-order valence-corrected chi connectivity index (χ1v) is 6.37. The smallest absolute Gasteiger partial charge is 0.302 e. The number of carbonyl (C=O) groups is 3. The minimum Gasteiger partial charge on any atom is -0.464 e. The lowest BCUT2D eigenvalue weighted by atomic mass is 9.62. The maximum Gasteiger partial charge on any atom is 0.302 e. The molecular weight excluding hydrogens is 232 g/mol. The van der Waals surface area contributed by atoms with Crippen molar-refractivity contribution in [1.29, 1.82) is 0 Å². The van der Waals surface area contributed by atoms with Crippen molar-refractivity contribution in [3.63, 3.8) is 0 Å². The molecule has 1 atom stereocenters. The van der Waals surface area contributed by atoms with Crippen molar-refractivity contribution in [2.45, 2.75) is 46.0 Å². The summed E-state index contributed by atoms with van der Waals surface area (Å²) in [5.74, 6) is -0.133. The molecule has 0 aliphatic heterocycles. The molecule has 1 saturated carbocycles. The average Bonchev–Trinajstić information content (AvgIpc) is 2.33. The maximum atomic E-state index is 12.3. The second-order valence-electron chi connectivity index (χ2n) is 5.17. The van der Waals surface area contributed by atoms with Crippen molar-refractivity contribution in [2.24, 2.45) is 5.41 Å². The number of hydrogen-bond acceptors (Lipinski definition) is 4. The first kappa shape index (κ1) is 13.0.